The maximum Gasteiger partial charge on any atom is 0.573 e. The zero-order valence-electron chi connectivity index (χ0n) is 12.5. The summed E-state index contributed by atoms with van der Waals surface area (Å²) in [4.78, 5) is 25.2. The molecule has 1 aliphatic heterocycles. The molecule has 0 aromatic heterocycles. The van der Waals surface area contributed by atoms with Gasteiger partial charge in [-0.25, -0.2) is 0 Å². The summed E-state index contributed by atoms with van der Waals surface area (Å²) >= 11 is 0. The molecule has 5 nitrogen and oxygen atoms in total. The van der Waals surface area contributed by atoms with E-state index in [1.807, 2.05) is 6.92 Å². The average molecular weight is 330 g/mol. The summed E-state index contributed by atoms with van der Waals surface area (Å²) in [5.74, 6) is -1.10. The third-order valence-electron chi connectivity index (χ3n) is 3.57. The number of ether oxygens (including phenoxy) is 1. The van der Waals surface area contributed by atoms with Gasteiger partial charge in [-0.1, -0.05) is 12.1 Å². The topological polar surface area (TPSA) is 58.6 Å². The number of rotatable bonds is 5. The molecule has 0 aliphatic carbocycles. The lowest BCUT2D eigenvalue weighted by atomic mass is 10.1. The van der Waals surface area contributed by atoms with Crippen LogP contribution in [0.5, 0.6) is 5.75 Å². The Hall–Kier alpha value is -2.25. The quantitative estimate of drug-likeness (QED) is 0.899. The van der Waals surface area contributed by atoms with Crippen LogP contribution in [-0.2, 0) is 16.1 Å². The molecule has 0 radical (unpaired) electrons. The van der Waals surface area contributed by atoms with Gasteiger partial charge in [-0.2, -0.15) is 0 Å². The molecule has 126 valence electrons. The Kier molecular flexibility index (Phi) is 5.12. The summed E-state index contributed by atoms with van der Waals surface area (Å²) in [6.07, 6.45) is -4.59. The first kappa shape index (κ1) is 17.1. The van der Waals surface area contributed by atoms with Gasteiger partial charge in [0.2, 0.25) is 11.8 Å². The second-order valence-electron chi connectivity index (χ2n) is 5.25. The van der Waals surface area contributed by atoms with E-state index in [2.05, 4.69) is 10.1 Å². The van der Waals surface area contributed by atoms with Gasteiger partial charge >= 0.3 is 6.36 Å². The van der Waals surface area contributed by atoms with Gasteiger partial charge in [0, 0.05) is 26.1 Å². The van der Waals surface area contributed by atoms with E-state index in [9.17, 15) is 22.8 Å². The molecule has 1 fully saturated rings. The molecule has 2 rings (SSSR count). The minimum Gasteiger partial charge on any atom is -0.406 e. The Bertz CT molecular complexity index is 590. The van der Waals surface area contributed by atoms with Gasteiger partial charge in [0.05, 0.1) is 5.92 Å². The number of carbonyl (C=O) groups excluding carboxylic acids is 2. The van der Waals surface area contributed by atoms with Crippen molar-refractivity contribution in [3.63, 3.8) is 0 Å². The van der Waals surface area contributed by atoms with E-state index in [1.165, 1.54) is 18.2 Å². The molecule has 1 unspecified atom stereocenters. The third-order valence-corrected chi connectivity index (χ3v) is 3.57. The lowest BCUT2D eigenvalue weighted by molar-refractivity contribution is -0.274. The molecule has 1 atom stereocenters. The minimum atomic E-state index is -4.75. The summed E-state index contributed by atoms with van der Waals surface area (Å²) in [6, 6.07) is 5.40. The van der Waals surface area contributed by atoms with Crippen molar-refractivity contribution in [1.82, 2.24) is 10.2 Å². The number of likely N-dealkylation sites (tertiary alicyclic amines) is 1. The number of alkyl halides is 3. The summed E-state index contributed by atoms with van der Waals surface area (Å²) in [6.45, 7) is 2.84. The minimum absolute atomic E-state index is 0.0618. The standard InChI is InChI=1S/C15H17F3N2O3/c1-2-20-9-11(7-13(20)21)14(22)19-8-10-4-3-5-12(6-10)23-15(16,17)18/h3-6,11H,2,7-9H2,1H3,(H,19,22). The van der Waals surface area contributed by atoms with Crippen molar-refractivity contribution < 1.29 is 27.5 Å². The van der Waals surface area contributed by atoms with Crippen LogP contribution in [0.3, 0.4) is 0 Å². The van der Waals surface area contributed by atoms with Gasteiger partial charge in [-0.05, 0) is 24.6 Å². The smallest absolute Gasteiger partial charge is 0.406 e. The van der Waals surface area contributed by atoms with Crippen LogP contribution in [0.4, 0.5) is 13.2 Å². The van der Waals surface area contributed by atoms with Crippen molar-refractivity contribution in [2.75, 3.05) is 13.1 Å². The van der Waals surface area contributed by atoms with Crippen molar-refractivity contribution in [3.05, 3.63) is 29.8 Å². The molecule has 1 aromatic rings. The van der Waals surface area contributed by atoms with Gasteiger partial charge in [0.25, 0.3) is 0 Å². The van der Waals surface area contributed by atoms with Crippen molar-refractivity contribution in [2.45, 2.75) is 26.3 Å². The number of halogens is 3. The van der Waals surface area contributed by atoms with E-state index >= 15 is 0 Å². The number of nitrogens with one attached hydrogen (secondary N) is 1. The largest absolute Gasteiger partial charge is 0.573 e. The zero-order chi connectivity index (χ0) is 17.0. The first-order chi connectivity index (χ1) is 10.8. The van der Waals surface area contributed by atoms with Crippen LogP contribution in [0.25, 0.3) is 0 Å². The van der Waals surface area contributed by atoms with E-state index in [4.69, 9.17) is 0 Å². The molecule has 8 heteroatoms. The van der Waals surface area contributed by atoms with Crippen molar-refractivity contribution in [1.29, 1.82) is 0 Å². The Morgan fingerprint density at radius 2 is 2.17 bits per heavy atom. The summed E-state index contributed by atoms with van der Waals surface area (Å²) in [7, 11) is 0. The lowest BCUT2D eigenvalue weighted by Gasteiger charge is -2.14. The van der Waals surface area contributed by atoms with Crippen LogP contribution in [0.15, 0.2) is 24.3 Å². The van der Waals surface area contributed by atoms with E-state index in [0.29, 0.717) is 18.7 Å². The molecule has 1 heterocycles. The molecule has 2 amide bonds. The maximum absolute atomic E-state index is 12.2. The zero-order valence-corrected chi connectivity index (χ0v) is 12.5. The van der Waals surface area contributed by atoms with Crippen molar-refractivity contribution >= 4 is 11.8 Å². The Balaban J connectivity index is 1.90. The molecule has 1 N–H and O–H groups in total. The van der Waals surface area contributed by atoms with E-state index < -0.39 is 12.3 Å². The number of hydrogen-bond acceptors (Lipinski definition) is 3. The van der Waals surface area contributed by atoms with E-state index in [-0.39, 0.29) is 30.5 Å². The maximum atomic E-state index is 12.2. The number of benzene rings is 1. The molecule has 1 aliphatic rings. The summed E-state index contributed by atoms with van der Waals surface area (Å²) in [5.41, 5.74) is 0.483. The SMILES string of the molecule is CCN1CC(C(=O)NCc2cccc(OC(F)(F)F)c2)CC1=O. The third kappa shape index (κ3) is 4.87. The first-order valence-corrected chi connectivity index (χ1v) is 7.18. The molecular formula is C15H17F3N2O3. The lowest BCUT2D eigenvalue weighted by Crippen LogP contribution is -2.32. The fourth-order valence-electron chi connectivity index (χ4n) is 2.44. The van der Waals surface area contributed by atoms with Crippen molar-refractivity contribution in [3.8, 4) is 5.75 Å². The molecule has 0 saturated carbocycles. The van der Waals surface area contributed by atoms with Crippen molar-refractivity contribution in [2.24, 2.45) is 5.92 Å². The number of nitrogens with zero attached hydrogens (tertiary/aromatic N) is 1. The van der Waals surface area contributed by atoms with Gasteiger partial charge in [0.15, 0.2) is 0 Å². The van der Waals surface area contributed by atoms with E-state index in [0.717, 1.165) is 0 Å². The Morgan fingerprint density at radius 3 is 2.78 bits per heavy atom. The fraction of sp³-hybridized carbons (Fsp3) is 0.467. The van der Waals surface area contributed by atoms with E-state index in [1.54, 1.807) is 11.0 Å². The van der Waals surface area contributed by atoms with Gasteiger partial charge in [-0.3, -0.25) is 9.59 Å². The fourth-order valence-corrected chi connectivity index (χ4v) is 2.44. The monoisotopic (exact) mass is 330 g/mol. The van der Waals surface area contributed by atoms with Crippen LogP contribution in [0.1, 0.15) is 18.9 Å². The molecule has 1 saturated heterocycles. The summed E-state index contributed by atoms with van der Waals surface area (Å²) in [5, 5.41) is 2.64. The highest BCUT2D eigenvalue weighted by Gasteiger charge is 2.33. The molecule has 23 heavy (non-hydrogen) atoms. The van der Waals surface area contributed by atoms with Gasteiger partial charge in [-0.15, -0.1) is 13.2 Å². The highest BCUT2D eigenvalue weighted by atomic mass is 19.4. The molecule has 1 aromatic carbocycles. The van der Waals surface area contributed by atoms with Crippen LogP contribution in [0.2, 0.25) is 0 Å². The predicted molar refractivity (Wildman–Crippen MR) is 75.3 cm³/mol. The average Bonchev–Trinajstić information content (AvgIpc) is 2.84. The highest BCUT2D eigenvalue weighted by Crippen LogP contribution is 2.23. The van der Waals surface area contributed by atoms with Crippen LogP contribution in [0, 0.1) is 5.92 Å². The van der Waals surface area contributed by atoms with Crippen LogP contribution in [-0.4, -0.2) is 36.2 Å². The Morgan fingerprint density at radius 1 is 1.43 bits per heavy atom. The van der Waals surface area contributed by atoms with Crippen LogP contribution < -0.4 is 10.1 Å². The molecule has 0 bridgehead atoms. The highest BCUT2D eigenvalue weighted by molar-refractivity contribution is 5.89. The van der Waals surface area contributed by atoms with Gasteiger partial charge < -0.3 is 15.0 Å². The number of carbonyl (C=O) groups is 2. The van der Waals surface area contributed by atoms with Gasteiger partial charge in [0.1, 0.15) is 5.75 Å². The number of hydrogen-bond donors (Lipinski definition) is 1. The second-order valence-corrected chi connectivity index (χ2v) is 5.25. The first-order valence-electron chi connectivity index (χ1n) is 7.18. The van der Waals surface area contributed by atoms with Crippen LogP contribution >= 0.6 is 0 Å². The summed E-state index contributed by atoms with van der Waals surface area (Å²) < 4.78 is 40.3. The Labute approximate surface area is 131 Å². The predicted octanol–water partition coefficient (Wildman–Crippen LogP) is 2.07. The second kappa shape index (κ2) is 6.89. The normalized spacial score (nSPS) is 18.2. The molecular weight excluding hydrogens is 313 g/mol. The molecule has 0 spiro atoms. The number of amides is 2.